The van der Waals surface area contributed by atoms with E-state index in [0.717, 1.165) is 4.31 Å². The van der Waals surface area contributed by atoms with Gasteiger partial charge in [-0.15, -0.1) is 0 Å². The molecule has 0 aliphatic heterocycles. The van der Waals surface area contributed by atoms with Gasteiger partial charge in [0.1, 0.15) is 0 Å². The van der Waals surface area contributed by atoms with Gasteiger partial charge < -0.3 is 14.4 Å². The van der Waals surface area contributed by atoms with E-state index in [1.807, 2.05) is 0 Å². The molecule has 26 heavy (non-hydrogen) atoms. The Morgan fingerprint density at radius 2 is 1.69 bits per heavy atom. The summed E-state index contributed by atoms with van der Waals surface area (Å²) in [6.45, 7) is 2.46. The van der Waals surface area contributed by atoms with Crippen LogP contribution in [-0.4, -0.2) is 77.5 Å². The fourth-order valence-electron chi connectivity index (χ4n) is 2.25. The normalized spacial score (nSPS) is 12.7. The molecule has 0 spiro atoms. The van der Waals surface area contributed by atoms with Crippen LogP contribution in [0.25, 0.3) is 0 Å². The Hall–Kier alpha value is -1.97. The lowest BCUT2D eigenvalue weighted by molar-refractivity contribution is -0.145. The van der Waals surface area contributed by atoms with Crippen molar-refractivity contribution in [3.63, 3.8) is 0 Å². The average molecular weight is 386 g/mol. The van der Waals surface area contributed by atoms with Gasteiger partial charge in [0, 0.05) is 39.9 Å². The predicted octanol–water partition coefficient (Wildman–Crippen LogP) is 0.835. The molecule has 9 heteroatoms. The zero-order valence-electron chi connectivity index (χ0n) is 15.8. The van der Waals surface area contributed by atoms with Crippen LogP contribution < -0.4 is 0 Å². The molecule has 0 saturated heterocycles. The first-order chi connectivity index (χ1) is 12.1. The molecule has 1 aromatic carbocycles. The number of ether oxygens (including phenoxy) is 2. The quantitative estimate of drug-likeness (QED) is 0.584. The third-order valence-electron chi connectivity index (χ3n) is 3.83. The third kappa shape index (κ3) is 5.52. The number of rotatable bonds is 9. The van der Waals surface area contributed by atoms with Crippen molar-refractivity contribution in [1.29, 1.82) is 0 Å². The van der Waals surface area contributed by atoms with Gasteiger partial charge in [-0.2, -0.15) is 0 Å². The first-order valence-corrected chi connectivity index (χ1v) is 9.47. The van der Waals surface area contributed by atoms with Gasteiger partial charge in [0.2, 0.25) is 10.0 Å². The van der Waals surface area contributed by atoms with Crippen molar-refractivity contribution >= 4 is 21.9 Å². The van der Waals surface area contributed by atoms with Gasteiger partial charge in [-0.05, 0) is 24.3 Å². The molecule has 0 fully saturated rings. The van der Waals surface area contributed by atoms with Crippen LogP contribution in [0.4, 0.5) is 0 Å². The molecule has 0 aliphatic carbocycles. The molecule has 1 aromatic rings. The van der Waals surface area contributed by atoms with Crippen molar-refractivity contribution in [1.82, 2.24) is 9.21 Å². The molecule has 1 unspecified atom stereocenters. The van der Waals surface area contributed by atoms with Crippen molar-refractivity contribution < 1.29 is 27.5 Å². The minimum absolute atomic E-state index is 0.102. The van der Waals surface area contributed by atoms with Gasteiger partial charge >= 0.3 is 5.97 Å². The standard InChI is InChI=1S/C17H26N2O6S/c1-13(17(21)25-5)12-19(10-11-24-4)16(20)14-6-8-15(9-7-14)26(22,23)18(2)3/h6-9,13H,10-12H2,1-5H3. The van der Waals surface area contributed by atoms with Crippen LogP contribution in [0.2, 0.25) is 0 Å². The Kier molecular flexibility index (Phi) is 8.19. The zero-order valence-corrected chi connectivity index (χ0v) is 16.6. The number of sulfonamides is 1. The molecule has 1 amide bonds. The third-order valence-corrected chi connectivity index (χ3v) is 5.66. The summed E-state index contributed by atoms with van der Waals surface area (Å²) in [6.07, 6.45) is 0. The average Bonchev–Trinajstić information content (AvgIpc) is 2.63. The number of carbonyl (C=O) groups excluding carboxylic acids is 2. The zero-order chi connectivity index (χ0) is 19.9. The molecular formula is C17H26N2O6S. The lowest BCUT2D eigenvalue weighted by Crippen LogP contribution is -2.39. The number of hydrogen-bond acceptors (Lipinski definition) is 6. The molecule has 1 atom stereocenters. The lowest BCUT2D eigenvalue weighted by Gasteiger charge is -2.25. The second-order valence-corrected chi connectivity index (χ2v) is 8.13. The molecule has 1 rings (SSSR count). The van der Waals surface area contributed by atoms with Crippen molar-refractivity contribution in [3.8, 4) is 0 Å². The highest BCUT2D eigenvalue weighted by molar-refractivity contribution is 7.89. The second-order valence-electron chi connectivity index (χ2n) is 5.98. The predicted molar refractivity (Wildman–Crippen MR) is 96.3 cm³/mol. The van der Waals surface area contributed by atoms with Crippen LogP contribution in [0.15, 0.2) is 29.2 Å². The number of esters is 1. The molecule has 0 aliphatic rings. The van der Waals surface area contributed by atoms with Gasteiger partial charge in [0.05, 0.1) is 24.5 Å². The SMILES string of the molecule is COCCN(CC(C)C(=O)OC)C(=O)c1ccc(S(=O)(=O)N(C)C)cc1. The Bertz CT molecular complexity index is 715. The highest BCUT2D eigenvalue weighted by Crippen LogP contribution is 2.16. The van der Waals surface area contributed by atoms with Crippen LogP contribution in [0.1, 0.15) is 17.3 Å². The Morgan fingerprint density at radius 3 is 2.15 bits per heavy atom. The van der Waals surface area contributed by atoms with Crippen molar-refractivity contribution in [2.24, 2.45) is 5.92 Å². The monoisotopic (exact) mass is 386 g/mol. The van der Waals surface area contributed by atoms with E-state index in [-0.39, 0.29) is 17.3 Å². The van der Waals surface area contributed by atoms with Crippen molar-refractivity contribution in [2.75, 3.05) is 48.0 Å². The summed E-state index contributed by atoms with van der Waals surface area (Å²) in [5, 5.41) is 0. The minimum Gasteiger partial charge on any atom is -0.469 e. The highest BCUT2D eigenvalue weighted by Gasteiger charge is 2.23. The molecular weight excluding hydrogens is 360 g/mol. The number of methoxy groups -OCH3 is 2. The molecule has 0 aromatic heterocycles. The van der Waals surface area contributed by atoms with Crippen LogP contribution >= 0.6 is 0 Å². The Balaban J connectivity index is 3.02. The van der Waals surface area contributed by atoms with Gasteiger partial charge in [-0.1, -0.05) is 6.92 Å². The topological polar surface area (TPSA) is 93.2 Å². The summed E-state index contributed by atoms with van der Waals surface area (Å²) < 4.78 is 35.0. The maximum absolute atomic E-state index is 12.8. The van der Waals surface area contributed by atoms with E-state index < -0.39 is 21.9 Å². The molecule has 0 radical (unpaired) electrons. The highest BCUT2D eigenvalue weighted by atomic mass is 32.2. The molecule has 0 saturated carbocycles. The first kappa shape index (κ1) is 22.1. The number of hydrogen-bond donors (Lipinski definition) is 0. The van der Waals surface area contributed by atoms with Crippen LogP contribution in [0.5, 0.6) is 0 Å². The minimum atomic E-state index is -3.56. The van der Waals surface area contributed by atoms with Gasteiger partial charge in [0.15, 0.2) is 0 Å². The summed E-state index contributed by atoms with van der Waals surface area (Å²) in [5.41, 5.74) is 0.330. The smallest absolute Gasteiger partial charge is 0.310 e. The Morgan fingerprint density at radius 1 is 1.12 bits per heavy atom. The number of nitrogens with zero attached hydrogens (tertiary/aromatic N) is 2. The van der Waals surface area contributed by atoms with E-state index in [1.165, 1.54) is 57.5 Å². The molecule has 0 N–H and O–H groups in total. The fraction of sp³-hybridized carbons (Fsp3) is 0.529. The fourth-order valence-corrected chi connectivity index (χ4v) is 3.15. The van der Waals surface area contributed by atoms with E-state index >= 15 is 0 Å². The van der Waals surface area contributed by atoms with E-state index in [1.54, 1.807) is 6.92 Å². The van der Waals surface area contributed by atoms with Gasteiger partial charge in [-0.3, -0.25) is 9.59 Å². The summed E-state index contributed by atoms with van der Waals surface area (Å²) >= 11 is 0. The second kappa shape index (κ2) is 9.65. The number of amides is 1. The molecule has 0 bridgehead atoms. The Labute approximate surface area is 154 Å². The molecule has 146 valence electrons. The summed E-state index contributed by atoms with van der Waals surface area (Å²) in [5.74, 6) is -1.21. The number of benzene rings is 1. The maximum Gasteiger partial charge on any atom is 0.310 e. The van der Waals surface area contributed by atoms with Crippen molar-refractivity contribution in [3.05, 3.63) is 29.8 Å². The summed E-state index contributed by atoms with van der Waals surface area (Å²) in [7, 11) is 2.14. The van der Waals surface area contributed by atoms with E-state index in [2.05, 4.69) is 0 Å². The largest absolute Gasteiger partial charge is 0.469 e. The molecule has 8 nitrogen and oxygen atoms in total. The first-order valence-electron chi connectivity index (χ1n) is 8.03. The summed E-state index contributed by atoms with van der Waals surface area (Å²) in [4.78, 5) is 26.0. The van der Waals surface area contributed by atoms with Crippen LogP contribution in [-0.2, 0) is 24.3 Å². The van der Waals surface area contributed by atoms with E-state index in [0.29, 0.717) is 18.7 Å². The summed E-state index contributed by atoms with van der Waals surface area (Å²) in [6, 6.07) is 5.70. The number of carbonyl (C=O) groups is 2. The molecule has 0 heterocycles. The maximum atomic E-state index is 12.8. The van der Waals surface area contributed by atoms with Crippen molar-refractivity contribution in [2.45, 2.75) is 11.8 Å². The van der Waals surface area contributed by atoms with Gasteiger partial charge in [-0.25, -0.2) is 12.7 Å². The lowest BCUT2D eigenvalue weighted by atomic mass is 10.1. The van der Waals surface area contributed by atoms with Crippen LogP contribution in [0.3, 0.4) is 0 Å². The van der Waals surface area contributed by atoms with E-state index in [9.17, 15) is 18.0 Å². The van der Waals surface area contributed by atoms with E-state index in [4.69, 9.17) is 9.47 Å². The van der Waals surface area contributed by atoms with Crippen LogP contribution in [0, 0.1) is 5.92 Å². The van der Waals surface area contributed by atoms with Gasteiger partial charge in [0.25, 0.3) is 5.91 Å².